The minimum Gasteiger partial charge on any atom is -0.478 e. The molecule has 2 aromatic carbocycles. The number of carbonyl (C=O) groups is 2. The van der Waals surface area contributed by atoms with Crippen LogP contribution in [0.2, 0.25) is 0 Å². The molecule has 4 nitrogen and oxygen atoms in total. The van der Waals surface area contributed by atoms with Gasteiger partial charge in [0.1, 0.15) is 0 Å². The van der Waals surface area contributed by atoms with Gasteiger partial charge < -0.3 is 10.2 Å². The minimum atomic E-state index is -0.939. The van der Waals surface area contributed by atoms with Crippen LogP contribution in [-0.4, -0.2) is 22.2 Å². The van der Waals surface area contributed by atoms with Gasteiger partial charge in [0.25, 0.3) is 0 Å². The number of hydrogen-bond acceptors (Lipinski definition) is 2. The monoisotopic (exact) mass is 350 g/mol. The summed E-state index contributed by atoms with van der Waals surface area (Å²) in [5, 5.41) is 20.8. The highest BCUT2D eigenvalue weighted by Gasteiger charge is 2.52. The predicted octanol–water partition coefficient (Wildman–Crippen LogP) is 4.70. The zero-order valence-corrected chi connectivity index (χ0v) is 14.6. The lowest BCUT2D eigenvalue weighted by atomic mass is 9.47. The SMILES string of the molecule is O=C(O)c1cc(C23CC4CC(CC(C4)C2)C3)c2cc(C(=O)O)ccc2c1. The number of aromatic carboxylic acids is 2. The van der Waals surface area contributed by atoms with Crippen molar-refractivity contribution >= 4 is 22.7 Å². The molecular formula is C22H22O4. The van der Waals surface area contributed by atoms with Crippen LogP contribution in [0.15, 0.2) is 30.3 Å². The number of fused-ring (bicyclic) bond motifs is 1. The largest absolute Gasteiger partial charge is 0.478 e. The van der Waals surface area contributed by atoms with E-state index < -0.39 is 11.9 Å². The highest BCUT2D eigenvalue weighted by atomic mass is 16.4. The van der Waals surface area contributed by atoms with Crippen LogP contribution >= 0.6 is 0 Å². The molecule has 134 valence electrons. The lowest BCUT2D eigenvalue weighted by Gasteiger charge is -2.57. The number of benzene rings is 2. The Bertz CT molecular complexity index is 907. The summed E-state index contributed by atoms with van der Waals surface area (Å²) in [5.41, 5.74) is 1.68. The summed E-state index contributed by atoms with van der Waals surface area (Å²) in [6, 6.07) is 8.59. The maximum absolute atomic E-state index is 11.7. The first-order valence-electron chi connectivity index (χ1n) is 9.48. The number of carboxylic acids is 2. The maximum Gasteiger partial charge on any atom is 0.335 e. The summed E-state index contributed by atoms with van der Waals surface area (Å²) in [6.07, 6.45) is 7.31. The molecule has 2 aromatic rings. The highest BCUT2D eigenvalue weighted by molar-refractivity contribution is 6.00. The standard InChI is InChI=1S/C22H22O4/c23-20(24)16-2-1-15-6-17(21(25)26)8-19(18(15)7-16)22-9-12-3-13(10-22)5-14(4-12)11-22/h1-2,6-8,12-14H,3-5,9-11H2,(H,23,24)(H,25,26). The van der Waals surface area contributed by atoms with E-state index in [0.717, 1.165) is 53.4 Å². The van der Waals surface area contributed by atoms with Crippen molar-refractivity contribution in [3.63, 3.8) is 0 Å². The van der Waals surface area contributed by atoms with E-state index in [9.17, 15) is 19.8 Å². The van der Waals surface area contributed by atoms with Crippen LogP contribution in [0.1, 0.15) is 64.8 Å². The number of hydrogen-bond donors (Lipinski definition) is 2. The fourth-order valence-electron chi connectivity index (χ4n) is 6.49. The van der Waals surface area contributed by atoms with Crippen molar-refractivity contribution in [1.29, 1.82) is 0 Å². The molecule has 0 amide bonds. The highest BCUT2D eigenvalue weighted by Crippen LogP contribution is 2.61. The molecule has 0 aromatic heterocycles. The van der Waals surface area contributed by atoms with E-state index in [4.69, 9.17) is 0 Å². The molecular weight excluding hydrogens is 328 g/mol. The molecule has 2 N–H and O–H groups in total. The fraction of sp³-hybridized carbons (Fsp3) is 0.455. The summed E-state index contributed by atoms with van der Waals surface area (Å²) in [4.78, 5) is 23.2. The molecule has 26 heavy (non-hydrogen) atoms. The van der Waals surface area contributed by atoms with Gasteiger partial charge in [0.2, 0.25) is 0 Å². The molecule has 0 heterocycles. The van der Waals surface area contributed by atoms with Gasteiger partial charge >= 0.3 is 11.9 Å². The Morgan fingerprint density at radius 2 is 1.38 bits per heavy atom. The quantitative estimate of drug-likeness (QED) is 0.841. The smallest absolute Gasteiger partial charge is 0.335 e. The van der Waals surface area contributed by atoms with Crippen molar-refractivity contribution < 1.29 is 19.8 Å². The molecule has 0 atom stereocenters. The van der Waals surface area contributed by atoms with E-state index in [1.54, 1.807) is 24.3 Å². The van der Waals surface area contributed by atoms with Gasteiger partial charge in [-0.2, -0.15) is 0 Å². The fourth-order valence-corrected chi connectivity index (χ4v) is 6.49. The van der Waals surface area contributed by atoms with Gasteiger partial charge in [-0.3, -0.25) is 0 Å². The van der Waals surface area contributed by atoms with Gasteiger partial charge in [-0.25, -0.2) is 9.59 Å². The molecule has 0 aliphatic heterocycles. The zero-order valence-electron chi connectivity index (χ0n) is 14.6. The van der Waals surface area contributed by atoms with E-state index in [0.29, 0.717) is 5.56 Å². The summed E-state index contributed by atoms with van der Waals surface area (Å²) in [7, 11) is 0. The second kappa shape index (κ2) is 5.32. The Morgan fingerprint density at radius 3 is 1.92 bits per heavy atom. The first-order valence-corrected chi connectivity index (χ1v) is 9.48. The Kier molecular flexibility index (Phi) is 3.25. The van der Waals surface area contributed by atoms with E-state index in [1.807, 2.05) is 6.07 Å². The molecule has 0 saturated heterocycles. The van der Waals surface area contributed by atoms with Gasteiger partial charge in [0.15, 0.2) is 0 Å². The summed E-state index contributed by atoms with van der Waals surface area (Å²) in [5.74, 6) is 0.373. The summed E-state index contributed by atoms with van der Waals surface area (Å²) in [6.45, 7) is 0. The van der Waals surface area contributed by atoms with E-state index >= 15 is 0 Å². The van der Waals surface area contributed by atoms with Crippen molar-refractivity contribution in [3.05, 3.63) is 47.0 Å². The van der Waals surface area contributed by atoms with Crippen LogP contribution in [0.4, 0.5) is 0 Å². The molecule has 0 unspecified atom stereocenters. The Labute approximate surface area is 151 Å². The molecule has 4 heteroatoms. The summed E-state index contributed by atoms with van der Waals surface area (Å²) >= 11 is 0. The van der Waals surface area contributed by atoms with E-state index in [-0.39, 0.29) is 11.0 Å². The number of rotatable bonds is 3. The lowest BCUT2D eigenvalue weighted by Crippen LogP contribution is -2.48. The molecule has 0 radical (unpaired) electrons. The first kappa shape index (κ1) is 15.9. The maximum atomic E-state index is 11.7. The lowest BCUT2D eigenvalue weighted by molar-refractivity contribution is -0.00453. The minimum absolute atomic E-state index is 0.0234. The Balaban J connectivity index is 1.76. The molecule has 6 rings (SSSR count). The van der Waals surface area contributed by atoms with Crippen molar-refractivity contribution in [2.24, 2.45) is 17.8 Å². The van der Waals surface area contributed by atoms with E-state index in [2.05, 4.69) is 0 Å². The molecule has 0 spiro atoms. The van der Waals surface area contributed by atoms with Gasteiger partial charge in [-0.1, -0.05) is 6.07 Å². The second-order valence-corrected chi connectivity index (χ2v) is 8.77. The van der Waals surface area contributed by atoms with Crippen LogP contribution in [0, 0.1) is 17.8 Å². The van der Waals surface area contributed by atoms with Crippen molar-refractivity contribution in [2.45, 2.75) is 43.9 Å². The van der Waals surface area contributed by atoms with Crippen LogP contribution in [0.3, 0.4) is 0 Å². The molecule has 4 aliphatic carbocycles. The third kappa shape index (κ3) is 2.28. The second-order valence-electron chi connectivity index (χ2n) is 8.77. The number of carboxylic acid groups (broad SMARTS) is 2. The van der Waals surface area contributed by atoms with Gasteiger partial charge in [-0.15, -0.1) is 0 Å². The average molecular weight is 350 g/mol. The first-order chi connectivity index (χ1) is 12.4. The Hall–Kier alpha value is -2.36. The molecule has 4 saturated carbocycles. The van der Waals surface area contributed by atoms with Gasteiger partial charge in [-0.05, 0) is 102 Å². The Morgan fingerprint density at radius 1 is 0.808 bits per heavy atom. The molecule has 4 aliphatic rings. The van der Waals surface area contributed by atoms with Crippen LogP contribution in [-0.2, 0) is 5.41 Å². The average Bonchev–Trinajstić information content (AvgIpc) is 2.58. The van der Waals surface area contributed by atoms with Crippen molar-refractivity contribution in [2.75, 3.05) is 0 Å². The van der Waals surface area contributed by atoms with Crippen LogP contribution in [0.5, 0.6) is 0 Å². The van der Waals surface area contributed by atoms with Crippen LogP contribution in [0.25, 0.3) is 10.8 Å². The topological polar surface area (TPSA) is 74.6 Å². The summed E-state index contributed by atoms with van der Waals surface area (Å²) < 4.78 is 0. The van der Waals surface area contributed by atoms with Crippen molar-refractivity contribution in [3.8, 4) is 0 Å². The predicted molar refractivity (Wildman–Crippen MR) is 97.7 cm³/mol. The van der Waals surface area contributed by atoms with Crippen LogP contribution < -0.4 is 0 Å². The van der Waals surface area contributed by atoms with Gasteiger partial charge in [0.05, 0.1) is 11.1 Å². The molecule has 4 fully saturated rings. The molecule has 4 bridgehead atoms. The van der Waals surface area contributed by atoms with E-state index in [1.165, 1.54) is 19.3 Å². The van der Waals surface area contributed by atoms with Crippen molar-refractivity contribution in [1.82, 2.24) is 0 Å². The van der Waals surface area contributed by atoms with Gasteiger partial charge in [0, 0.05) is 0 Å². The zero-order chi connectivity index (χ0) is 18.1. The third-order valence-electron chi connectivity index (χ3n) is 7.06. The normalized spacial score (nSPS) is 32.1. The third-order valence-corrected chi connectivity index (χ3v) is 7.06.